The molecule has 5 nitrogen and oxygen atoms in total. The zero-order valence-corrected chi connectivity index (χ0v) is 12.2. The van der Waals surface area contributed by atoms with Crippen molar-refractivity contribution in [3.63, 3.8) is 0 Å². The summed E-state index contributed by atoms with van der Waals surface area (Å²) in [6, 6.07) is 3.05. The van der Waals surface area contributed by atoms with E-state index in [0.29, 0.717) is 5.92 Å². The summed E-state index contributed by atoms with van der Waals surface area (Å²) < 4.78 is 0. The number of nitrogens with zero attached hydrogens (tertiary/aromatic N) is 3. The normalized spacial score (nSPS) is 19.1. The van der Waals surface area contributed by atoms with Gasteiger partial charge in [-0.05, 0) is 17.5 Å². The van der Waals surface area contributed by atoms with Crippen molar-refractivity contribution in [3.05, 3.63) is 30.1 Å². The third-order valence-electron chi connectivity index (χ3n) is 3.63. The average molecular weight is 277 g/mol. The molecule has 0 aliphatic carbocycles. The summed E-state index contributed by atoms with van der Waals surface area (Å²) in [4.78, 5) is 20.1. The Bertz CT molecular complexity index is 428. The van der Waals surface area contributed by atoms with Crippen LogP contribution in [0.3, 0.4) is 0 Å². The van der Waals surface area contributed by atoms with Crippen molar-refractivity contribution in [2.24, 2.45) is 5.92 Å². The first-order valence-electron chi connectivity index (χ1n) is 7.17. The molecule has 0 amide bonds. The second kappa shape index (κ2) is 6.81. The fourth-order valence-electron chi connectivity index (χ4n) is 2.77. The highest BCUT2D eigenvalue weighted by molar-refractivity contribution is 5.75. The van der Waals surface area contributed by atoms with Gasteiger partial charge in [-0.3, -0.25) is 14.7 Å². The summed E-state index contributed by atoms with van der Waals surface area (Å²) in [6.07, 6.45) is 3.32. The number of carboxylic acid groups (broad SMARTS) is 1. The molecule has 0 saturated carbocycles. The Morgan fingerprint density at radius 1 is 1.35 bits per heavy atom. The van der Waals surface area contributed by atoms with Gasteiger partial charge in [0.15, 0.2) is 0 Å². The van der Waals surface area contributed by atoms with E-state index in [9.17, 15) is 9.90 Å². The van der Waals surface area contributed by atoms with Crippen molar-refractivity contribution in [1.29, 1.82) is 0 Å². The fraction of sp³-hybridized carbons (Fsp3) is 0.600. The Hall–Kier alpha value is -1.46. The summed E-state index contributed by atoms with van der Waals surface area (Å²) in [5, 5.41) is 9.51. The van der Waals surface area contributed by atoms with E-state index in [1.54, 1.807) is 18.5 Å². The second-order valence-corrected chi connectivity index (χ2v) is 5.76. The largest absolute Gasteiger partial charge is 0.480 e. The van der Waals surface area contributed by atoms with Gasteiger partial charge in [-0.2, -0.15) is 0 Å². The maximum absolute atomic E-state index is 11.6. The number of hydrogen-bond donors (Lipinski definition) is 1. The van der Waals surface area contributed by atoms with E-state index in [2.05, 4.69) is 23.7 Å². The van der Waals surface area contributed by atoms with E-state index in [-0.39, 0.29) is 0 Å². The Morgan fingerprint density at radius 2 is 2.05 bits per heavy atom. The second-order valence-electron chi connectivity index (χ2n) is 5.76. The summed E-state index contributed by atoms with van der Waals surface area (Å²) >= 11 is 0. The van der Waals surface area contributed by atoms with Crippen LogP contribution in [0.1, 0.15) is 25.5 Å². The van der Waals surface area contributed by atoms with Gasteiger partial charge in [-0.25, -0.2) is 0 Å². The number of carboxylic acids is 1. The van der Waals surface area contributed by atoms with Gasteiger partial charge in [-0.1, -0.05) is 19.9 Å². The molecule has 0 bridgehead atoms. The molecule has 1 aromatic rings. The topological polar surface area (TPSA) is 56.7 Å². The molecule has 2 heterocycles. The first-order chi connectivity index (χ1) is 9.58. The van der Waals surface area contributed by atoms with Crippen LogP contribution in [0, 0.1) is 5.92 Å². The van der Waals surface area contributed by atoms with Gasteiger partial charge < -0.3 is 10.0 Å². The van der Waals surface area contributed by atoms with Crippen LogP contribution in [0.2, 0.25) is 0 Å². The quantitative estimate of drug-likeness (QED) is 0.883. The standard InChI is InChI=1S/C15H23N3O2/c1-12(2)11-17-6-8-18(9-7-17)14(15(19)20)13-4-3-5-16-10-13/h3-5,10,12,14H,6-9,11H2,1-2H3,(H,19,20). The highest BCUT2D eigenvalue weighted by atomic mass is 16.4. The molecule has 5 heteroatoms. The molecule has 0 aromatic carbocycles. The van der Waals surface area contributed by atoms with Crippen LogP contribution in [0.4, 0.5) is 0 Å². The summed E-state index contributed by atoms with van der Waals surface area (Å²) in [5.74, 6) is -0.148. The van der Waals surface area contributed by atoms with Crippen molar-refractivity contribution in [3.8, 4) is 0 Å². The van der Waals surface area contributed by atoms with E-state index < -0.39 is 12.0 Å². The van der Waals surface area contributed by atoms with Gasteiger partial charge >= 0.3 is 5.97 Å². The van der Waals surface area contributed by atoms with E-state index in [4.69, 9.17) is 0 Å². The molecule has 1 aromatic heterocycles. The van der Waals surface area contributed by atoms with Crippen molar-refractivity contribution >= 4 is 5.97 Å². The molecule has 110 valence electrons. The minimum atomic E-state index is -0.796. The van der Waals surface area contributed by atoms with E-state index >= 15 is 0 Å². The van der Waals surface area contributed by atoms with Crippen molar-refractivity contribution in [1.82, 2.24) is 14.8 Å². The third kappa shape index (κ3) is 3.77. The Kier molecular flexibility index (Phi) is 5.09. The third-order valence-corrected chi connectivity index (χ3v) is 3.63. The lowest BCUT2D eigenvalue weighted by Gasteiger charge is -2.38. The zero-order valence-electron chi connectivity index (χ0n) is 12.2. The van der Waals surface area contributed by atoms with Gasteiger partial charge in [-0.15, -0.1) is 0 Å². The van der Waals surface area contributed by atoms with Crippen LogP contribution >= 0.6 is 0 Å². The maximum Gasteiger partial charge on any atom is 0.325 e. The van der Waals surface area contributed by atoms with Gasteiger partial charge in [0.25, 0.3) is 0 Å². The SMILES string of the molecule is CC(C)CN1CCN(C(C(=O)O)c2cccnc2)CC1. The molecular formula is C15H23N3O2. The van der Waals surface area contributed by atoms with E-state index in [1.165, 1.54) is 0 Å². The predicted octanol–water partition coefficient (Wildman–Crippen LogP) is 1.48. The van der Waals surface area contributed by atoms with Crippen LogP contribution in [0.25, 0.3) is 0 Å². The van der Waals surface area contributed by atoms with Crippen LogP contribution in [0.5, 0.6) is 0 Å². The fourth-order valence-corrected chi connectivity index (χ4v) is 2.77. The number of piperazine rings is 1. The Balaban J connectivity index is 2.01. The maximum atomic E-state index is 11.6. The average Bonchev–Trinajstić information content (AvgIpc) is 2.41. The van der Waals surface area contributed by atoms with Gasteiger partial charge in [0.1, 0.15) is 6.04 Å². The van der Waals surface area contributed by atoms with Gasteiger partial charge in [0, 0.05) is 45.1 Å². The summed E-state index contributed by atoms with van der Waals surface area (Å²) in [5.41, 5.74) is 0.761. The van der Waals surface area contributed by atoms with Gasteiger partial charge in [0.2, 0.25) is 0 Å². The highest BCUT2D eigenvalue weighted by Crippen LogP contribution is 2.22. The lowest BCUT2D eigenvalue weighted by molar-refractivity contribution is -0.144. The molecule has 0 radical (unpaired) electrons. The first-order valence-corrected chi connectivity index (χ1v) is 7.17. The predicted molar refractivity (Wildman–Crippen MR) is 77.5 cm³/mol. The van der Waals surface area contributed by atoms with E-state index in [0.717, 1.165) is 38.3 Å². The number of aliphatic carboxylic acids is 1. The molecule has 2 rings (SSSR count). The number of rotatable bonds is 5. The molecule has 1 saturated heterocycles. The number of pyridine rings is 1. The van der Waals surface area contributed by atoms with Crippen molar-refractivity contribution < 1.29 is 9.90 Å². The Morgan fingerprint density at radius 3 is 2.55 bits per heavy atom. The monoisotopic (exact) mass is 277 g/mol. The zero-order chi connectivity index (χ0) is 14.5. The summed E-state index contributed by atoms with van der Waals surface area (Å²) in [7, 11) is 0. The first kappa shape index (κ1) is 14.9. The van der Waals surface area contributed by atoms with Crippen LogP contribution in [0.15, 0.2) is 24.5 Å². The molecule has 1 aliphatic heterocycles. The van der Waals surface area contributed by atoms with Crippen molar-refractivity contribution in [2.45, 2.75) is 19.9 Å². The number of aromatic nitrogens is 1. The minimum Gasteiger partial charge on any atom is -0.480 e. The number of carbonyl (C=O) groups is 1. The lowest BCUT2D eigenvalue weighted by Crippen LogP contribution is -2.49. The lowest BCUT2D eigenvalue weighted by atomic mass is 10.1. The Labute approximate surface area is 120 Å². The molecule has 20 heavy (non-hydrogen) atoms. The van der Waals surface area contributed by atoms with E-state index in [1.807, 2.05) is 11.0 Å². The molecule has 0 spiro atoms. The molecule has 1 aliphatic rings. The molecule has 1 N–H and O–H groups in total. The van der Waals surface area contributed by atoms with Gasteiger partial charge in [0.05, 0.1) is 0 Å². The van der Waals surface area contributed by atoms with Crippen LogP contribution in [-0.2, 0) is 4.79 Å². The molecule has 1 unspecified atom stereocenters. The minimum absolute atomic E-state index is 0.579. The summed E-state index contributed by atoms with van der Waals surface area (Å²) in [6.45, 7) is 8.95. The van der Waals surface area contributed by atoms with Crippen molar-refractivity contribution in [2.75, 3.05) is 32.7 Å². The van der Waals surface area contributed by atoms with Crippen LogP contribution in [-0.4, -0.2) is 58.6 Å². The molecule has 1 fully saturated rings. The molecule has 1 atom stereocenters. The number of hydrogen-bond acceptors (Lipinski definition) is 4. The highest BCUT2D eigenvalue weighted by Gasteiger charge is 2.30. The smallest absolute Gasteiger partial charge is 0.325 e. The van der Waals surface area contributed by atoms with Crippen LogP contribution < -0.4 is 0 Å². The molecular weight excluding hydrogens is 254 g/mol.